The van der Waals surface area contributed by atoms with E-state index in [4.69, 9.17) is 16.3 Å². The normalized spacial score (nSPS) is 26.8. The first kappa shape index (κ1) is 15.3. The summed E-state index contributed by atoms with van der Waals surface area (Å²) < 4.78 is 6.89. The number of rotatable bonds is 4. The second-order valence-corrected chi connectivity index (χ2v) is 6.20. The molecule has 2 atom stereocenters. The van der Waals surface area contributed by atoms with Crippen LogP contribution in [-0.4, -0.2) is 34.4 Å². The van der Waals surface area contributed by atoms with E-state index in [9.17, 15) is 4.79 Å². The zero-order chi connectivity index (χ0) is 14.8. The molecule has 0 spiro atoms. The summed E-state index contributed by atoms with van der Waals surface area (Å²) in [5.41, 5.74) is -0.621. The van der Waals surface area contributed by atoms with Gasteiger partial charge in [-0.25, -0.2) is 0 Å². The van der Waals surface area contributed by atoms with Crippen molar-refractivity contribution in [3.63, 3.8) is 0 Å². The first-order valence-corrected chi connectivity index (χ1v) is 7.40. The van der Waals surface area contributed by atoms with Crippen LogP contribution in [0.2, 0.25) is 5.02 Å². The van der Waals surface area contributed by atoms with Crippen molar-refractivity contribution in [1.82, 2.24) is 15.1 Å². The molecule has 1 heterocycles. The average Bonchev–Trinajstić information content (AvgIpc) is 2.84. The summed E-state index contributed by atoms with van der Waals surface area (Å²) in [6.45, 7) is 4.08. The van der Waals surface area contributed by atoms with Crippen LogP contribution in [0.3, 0.4) is 0 Å². The number of methoxy groups -OCH3 is 1. The third-order valence-electron chi connectivity index (χ3n) is 3.81. The van der Waals surface area contributed by atoms with E-state index in [1.54, 1.807) is 6.20 Å². The topological polar surface area (TPSA) is 56.1 Å². The minimum atomic E-state index is -0.621. The Morgan fingerprint density at radius 3 is 2.95 bits per heavy atom. The monoisotopic (exact) mass is 299 g/mol. The summed E-state index contributed by atoms with van der Waals surface area (Å²) in [5, 5.41) is 8.30. The summed E-state index contributed by atoms with van der Waals surface area (Å²) in [5.74, 6) is -0.186. The Morgan fingerprint density at radius 1 is 1.65 bits per heavy atom. The first-order valence-electron chi connectivity index (χ1n) is 7.02. The van der Waals surface area contributed by atoms with E-state index in [2.05, 4.69) is 10.4 Å². The van der Waals surface area contributed by atoms with Crippen LogP contribution in [0.4, 0.5) is 0 Å². The molecule has 1 fully saturated rings. The van der Waals surface area contributed by atoms with Gasteiger partial charge in [0.25, 0.3) is 0 Å². The predicted octanol–water partition coefficient (Wildman–Crippen LogP) is 2.56. The molecule has 0 aromatic carbocycles. The molecule has 6 heteroatoms. The maximum Gasteiger partial charge on any atom is 0.326 e. The second-order valence-electron chi connectivity index (χ2n) is 5.76. The fourth-order valence-electron chi connectivity index (χ4n) is 3.11. The maximum atomic E-state index is 12.3. The van der Waals surface area contributed by atoms with E-state index in [1.807, 2.05) is 24.7 Å². The number of nitrogens with zero attached hydrogens (tertiary/aromatic N) is 2. The van der Waals surface area contributed by atoms with Gasteiger partial charge >= 0.3 is 5.97 Å². The summed E-state index contributed by atoms with van der Waals surface area (Å²) >= 11 is 5.93. The lowest BCUT2D eigenvalue weighted by Crippen LogP contribution is -2.57. The quantitative estimate of drug-likeness (QED) is 0.868. The van der Waals surface area contributed by atoms with Crippen molar-refractivity contribution in [3.8, 4) is 0 Å². The van der Waals surface area contributed by atoms with E-state index in [1.165, 1.54) is 7.11 Å². The zero-order valence-corrected chi connectivity index (χ0v) is 13.0. The number of halogens is 1. The Morgan fingerprint density at radius 2 is 2.40 bits per heavy atom. The highest BCUT2D eigenvalue weighted by atomic mass is 35.5. The van der Waals surface area contributed by atoms with Gasteiger partial charge in [-0.3, -0.25) is 14.8 Å². The Hall–Kier alpha value is -1.07. The molecule has 1 saturated carbocycles. The molecule has 2 rings (SSSR count). The number of carbonyl (C=O) groups excluding carboxylic acids is 1. The van der Waals surface area contributed by atoms with Crippen LogP contribution in [0.15, 0.2) is 12.4 Å². The molecular formula is C14H22ClN3O2. The molecule has 20 heavy (non-hydrogen) atoms. The molecule has 1 aromatic heterocycles. The molecule has 0 bridgehead atoms. The van der Waals surface area contributed by atoms with Gasteiger partial charge in [0.1, 0.15) is 5.54 Å². The number of hydrogen-bond acceptors (Lipinski definition) is 4. The van der Waals surface area contributed by atoms with Gasteiger partial charge in [0, 0.05) is 12.2 Å². The predicted molar refractivity (Wildman–Crippen MR) is 77.8 cm³/mol. The van der Waals surface area contributed by atoms with Crippen LogP contribution in [0.5, 0.6) is 0 Å². The average molecular weight is 300 g/mol. The number of nitrogens with one attached hydrogen (secondary N) is 1. The van der Waals surface area contributed by atoms with Crippen molar-refractivity contribution < 1.29 is 9.53 Å². The smallest absolute Gasteiger partial charge is 0.326 e. The van der Waals surface area contributed by atoms with Gasteiger partial charge in [0.05, 0.1) is 24.4 Å². The lowest BCUT2D eigenvalue weighted by molar-refractivity contribution is -0.151. The lowest BCUT2D eigenvalue weighted by Gasteiger charge is -2.40. The van der Waals surface area contributed by atoms with Crippen molar-refractivity contribution in [1.29, 1.82) is 0 Å². The highest BCUT2D eigenvalue weighted by Crippen LogP contribution is 2.36. The highest BCUT2D eigenvalue weighted by Gasteiger charge is 2.44. The van der Waals surface area contributed by atoms with Crippen LogP contribution in [0.25, 0.3) is 0 Å². The Kier molecular flexibility index (Phi) is 4.70. The number of hydrogen-bond donors (Lipinski definition) is 1. The zero-order valence-electron chi connectivity index (χ0n) is 12.2. The van der Waals surface area contributed by atoms with Crippen molar-refractivity contribution in [2.45, 2.75) is 57.2 Å². The minimum Gasteiger partial charge on any atom is -0.468 e. The fraction of sp³-hybridized carbons (Fsp3) is 0.714. The van der Waals surface area contributed by atoms with Crippen LogP contribution in [-0.2, 0) is 9.53 Å². The third-order valence-corrected chi connectivity index (χ3v) is 4.01. The number of esters is 1. The van der Waals surface area contributed by atoms with Gasteiger partial charge in [-0.15, -0.1) is 0 Å². The van der Waals surface area contributed by atoms with Gasteiger partial charge in [-0.05, 0) is 39.5 Å². The summed E-state index contributed by atoms with van der Waals surface area (Å²) in [6, 6.07) is 0.385. The van der Waals surface area contributed by atoms with Gasteiger partial charge in [-0.1, -0.05) is 11.6 Å². The minimum absolute atomic E-state index is 0.168. The van der Waals surface area contributed by atoms with E-state index in [-0.39, 0.29) is 18.1 Å². The third kappa shape index (κ3) is 3.15. The molecule has 1 aromatic rings. The standard InChI is InChI=1S/C14H22ClN3O2/c1-10(2)17-14(13(19)20-3)6-4-5-12(7-14)18-9-11(15)8-16-18/h8-10,12,17H,4-7H2,1-3H3. The largest absolute Gasteiger partial charge is 0.468 e. The molecule has 2 unspecified atom stereocenters. The van der Waals surface area contributed by atoms with E-state index in [0.717, 1.165) is 19.3 Å². The molecule has 0 amide bonds. The van der Waals surface area contributed by atoms with Gasteiger partial charge in [0.15, 0.2) is 0 Å². The molecule has 0 radical (unpaired) electrons. The van der Waals surface area contributed by atoms with Gasteiger partial charge < -0.3 is 4.74 Å². The molecule has 0 aliphatic heterocycles. The van der Waals surface area contributed by atoms with Crippen LogP contribution < -0.4 is 5.32 Å². The SMILES string of the molecule is COC(=O)C1(NC(C)C)CCCC(n2cc(Cl)cn2)C1. The van der Waals surface area contributed by atoms with Crippen molar-refractivity contribution >= 4 is 17.6 Å². The molecular weight excluding hydrogens is 278 g/mol. The van der Waals surface area contributed by atoms with Gasteiger partial charge in [0.2, 0.25) is 0 Å². The maximum absolute atomic E-state index is 12.3. The summed E-state index contributed by atoms with van der Waals surface area (Å²) in [4.78, 5) is 12.3. The molecule has 1 N–H and O–H groups in total. The summed E-state index contributed by atoms with van der Waals surface area (Å²) in [6.07, 6.45) is 6.87. The van der Waals surface area contributed by atoms with E-state index < -0.39 is 5.54 Å². The second kappa shape index (κ2) is 6.14. The Balaban J connectivity index is 2.22. The molecule has 5 nitrogen and oxygen atoms in total. The van der Waals surface area contributed by atoms with Crippen LogP contribution >= 0.6 is 11.6 Å². The van der Waals surface area contributed by atoms with E-state index >= 15 is 0 Å². The van der Waals surface area contributed by atoms with Crippen molar-refractivity contribution in [2.75, 3.05) is 7.11 Å². The Bertz CT molecular complexity index is 475. The molecule has 1 aliphatic rings. The highest BCUT2D eigenvalue weighted by molar-refractivity contribution is 6.30. The molecule has 112 valence electrons. The first-order chi connectivity index (χ1) is 9.47. The number of carbonyl (C=O) groups is 1. The molecule has 0 saturated heterocycles. The Labute approximate surface area is 124 Å². The lowest BCUT2D eigenvalue weighted by atomic mass is 9.78. The summed E-state index contributed by atoms with van der Waals surface area (Å²) in [7, 11) is 1.44. The van der Waals surface area contributed by atoms with Crippen LogP contribution in [0.1, 0.15) is 45.6 Å². The number of ether oxygens (including phenoxy) is 1. The van der Waals surface area contributed by atoms with E-state index in [0.29, 0.717) is 11.4 Å². The fourth-order valence-corrected chi connectivity index (χ4v) is 3.25. The van der Waals surface area contributed by atoms with Crippen molar-refractivity contribution in [3.05, 3.63) is 17.4 Å². The van der Waals surface area contributed by atoms with Crippen molar-refractivity contribution in [2.24, 2.45) is 0 Å². The van der Waals surface area contributed by atoms with Gasteiger partial charge in [-0.2, -0.15) is 5.10 Å². The molecule has 1 aliphatic carbocycles. The number of aromatic nitrogens is 2. The van der Waals surface area contributed by atoms with Crippen LogP contribution in [0, 0.1) is 0 Å².